The van der Waals surface area contributed by atoms with Crippen molar-refractivity contribution in [3.63, 3.8) is 0 Å². The lowest BCUT2D eigenvalue weighted by Gasteiger charge is -2.26. The van der Waals surface area contributed by atoms with Gasteiger partial charge in [-0.2, -0.15) is 0 Å². The van der Waals surface area contributed by atoms with Crippen molar-refractivity contribution in [2.24, 2.45) is 0 Å². The van der Waals surface area contributed by atoms with Crippen molar-refractivity contribution >= 4 is 22.6 Å². The molecule has 6 heteroatoms. The molecule has 0 unspecified atom stereocenters. The summed E-state index contributed by atoms with van der Waals surface area (Å²) in [5.74, 6) is 1.72. The Morgan fingerprint density at radius 2 is 1.93 bits per heavy atom. The number of nitrogens with one attached hydrogen (secondary N) is 1. The molecule has 0 radical (unpaired) electrons. The summed E-state index contributed by atoms with van der Waals surface area (Å²) in [6.07, 6.45) is 5.44. The van der Waals surface area contributed by atoms with Crippen LogP contribution >= 0.6 is 0 Å². The fourth-order valence-corrected chi connectivity index (χ4v) is 3.56. The highest BCUT2D eigenvalue weighted by Gasteiger charge is 2.23. The first kappa shape index (κ1) is 17.4. The van der Waals surface area contributed by atoms with Gasteiger partial charge in [-0.15, -0.1) is 0 Å². The van der Waals surface area contributed by atoms with Crippen LogP contribution in [0.4, 0.5) is 5.69 Å². The molecular weight excluding hydrogens is 342 g/mol. The van der Waals surface area contributed by atoms with Crippen LogP contribution in [-0.4, -0.2) is 29.7 Å². The molecular formula is C21H23N3O3. The van der Waals surface area contributed by atoms with Gasteiger partial charge in [-0.25, -0.2) is 4.98 Å². The topological polar surface area (TPSA) is 65.4 Å². The predicted molar refractivity (Wildman–Crippen MR) is 105 cm³/mol. The lowest BCUT2D eigenvalue weighted by molar-refractivity contribution is -0.116. The van der Waals surface area contributed by atoms with Gasteiger partial charge in [-0.3, -0.25) is 4.79 Å². The zero-order chi connectivity index (χ0) is 18.8. The van der Waals surface area contributed by atoms with Crippen molar-refractivity contribution in [1.82, 2.24) is 9.55 Å². The molecule has 1 aromatic heterocycles. The van der Waals surface area contributed by atoms with Gasteiger partial charge in [0.1, 0.15) is 18.0 Å². The smallest absolute Gasteiger partial charge is 0.244 e. The number of carbonyl (C=O) groups is 1. The molecule has 0 saturated heterocycles. The van der Waals surface area contributed by atoms with E-state index in [-0.39, 0.29) is 12.5 Å². The van der Waals surface area contributed by atoms with Crippen LogP contribution in [0.1, 0.15) is 30.7 Å². The second-order valence-electron chi connectivity index (χ2n) is 6.86. The molecule has 1 aliphatic rings. The molecule has 0 spiro atoms. The first-order valence-corrected chi connectivity index (χ1v) is 9.14. The quantitative estimate of drug-likeness (QED) is 0.718. The molecule has 1 aliphatic carbocycles. The number of rotatable bonds is 6. The summed E-state index contributed by atoms with van der Waals surface area (Å²) in [5.41, 5.74) is 3.95. The van der Waals surface area contributed by atoms with Crippen molar-refractivity contribution < 1.29 is 14.3 Å². The largest absolute Gasteiger partial charge is 0.497 e. The van der Waals surface area contributed by atoms with Gasteiger partial charge in [0.15, 0.2) is 0 Å². The van der Waals surface area contributed by atoms with Crippen LogP contribution in [0.15, 0.2) is 42.7 Å². The molecule has 0 bridgehead atoms. The number of anilines is 1. The Hall–Kier alpha value is -3.02. The van der Waals surface area contributed by atoms with Gasteiger partial charge >= 0.3 is 0 Å². The number of carbonyl (C=O) groups excluding carboxylic acids is 1. The number of hydrogen-bond donors (Lipinski definition) is 1. The maximum atomic E-state index is 12.6. The molecule has 3 aromatic rings. The molecule has 27 heavy (non-hydrogen) atoms. The molecule has 1 N–H and O–H groups in total. The first-order valence-electron chi connectivity index (χ1n) is 9.14. The SMILES string of the molecule is COc1cc(NC(=O)Cn2cnc3cccc(C4CCC4)c32)cc(OC)c1. The van der Waals surface area contributed by atoms with Crippen LogP contribution in [0.2, 0.25) is 0 Å². The van der Waals surface area contributed by atoms with E-state index in [0.717, 1.165) is 11.0 Å². The number of ether oxygens (including phenoxy) is 2. The van der Waals surface area contributed by atoms with E-state index in [2.05, 4.69) is 22.4 Å². The molecule has 1 fully saturated rings. The van der Waals surface area contributed by atoms with E-state index in [9.17, 15) is 4.79 Å². The number of amides is 1. The molecule has 2 aromatic carbocycles. The Bertz CT molecular complexity index is 954. The summed E-state index contributed by atoms with van der Waals surface area (Å²) >= 11 is 0. The third kappa shape index (κ3) is 3.47. The number of para-hydroxylation sites is 1. The van der Waals surface area contributed by atoms with Crippen molar-refractivity contribution in [3.05, 3.63) is 48.3 Å². The van der Waals surface area contributed by atoms with E-state index in [0.29, 0.717) is 23.1 Å². The molecule has 0 atom stereocenters. The average molecular weight is 365 g/mol. The van der Waals surface area contributed by atoms with Gasteiger partial charge in [0.2, 0.25) is 5.91 Å². The van der Waals surface area contributed by atoms with Gasteiger partial charge in [0, 0.05) is 23.9 Å². The summed E-state index contributed by atoms with van der Waals surface area (Å²) in [6, 6.07) is 11.5. The Balaban J connectivity index is 1.57. The number of benzene rings is 2. The maximum Gasteiger partial charge on any atom is 0.244 e. The van der Waals surface area contributed by atoms with Crippen molar-refractivity contribution in [3.8, 4) is 11.5 Å². The molecule has 6 nitrogen and oxygen atoms in total. The van der Waals surface area contributed by atoms with E-state index < -0.39 is 0 Å². The number of imidazole rings is 1. The highest BCUT2D eigenvalue weighted by atomic mass is 16.5. The van der Waals surface area contributed by atoms with Crippen LogP contribution in [0, 0.1) is 0 Å². The minimum Gasteiger partial charge on any atom is -0.497 e. The summed E-state index contributed by atoms with van der Waals surface area (Å²) in [6.45, 7) is 0.208. The zero-order valence-electron chi connectivity index (χ0n) is 15.6. The molecule has 0 aliphatic heterocycles. The van der Waals surface area contributed by atoms with Crippen LogP contribution in [0.5, 0.6) is 11.5 Å². The Morgan fingerprint density at radius 1 is 1.19 bits per heavy atom. The van der Waals surface area contributed by atoms with Crippen LogP contribution in [0.3, 0.4) is 0 Å². The van der Waals surface area contributed by atoms with Gasteiger partial charge in [0.25, 0.3) is 0 Å². The van der Waals surface area contributed by atoms with E-state index in [1.807, 2.05) is 10.6 Å². The predicted octanol–water partition coefficient (Wildman–Crippen LogP) is 3.96. The Kier molecular flexibility index (Phi) is 4.71. The molecule has 1 saturated carbocycles. The average Bonchev–Trinajstić information content (AvgIpc) is 3.03. The third-order valence-corrected chi connectivity index (χ3v) is 5.16. The minimum absolute atomic E-state index is 0.118. The van der Waals surface area contributed by atoms with E-state index in [4.69, 9.17) is 9.47 Å². The standard InChI is InChI=1S/C21H23N3O3/c1-26-16-9-15(10-17(11-16)27-2)23-20(25)12-24-13-22-19-8-4-7-18(21(19)24)14-5-3-6-14/h4,7-11,13-14H,3,5-6,12H2,1-2H3,(H,23,25). The second kappa shape index (κ2) is 7.31. The fraction of sp³-hybridized carbons (Fsp3) is 0.333. The maximum absolute atomic E-state index is 12.6. The van der Waals surface area contributed by atoms with Crippen LogP contribution in [-0.2, 0) is 11.3 Å². The summed E-state index contributed by atoms with van der Waals surface area (Å²) in [7, 11) is 3.17. The number of nitrogens with zero attached hydrogens (tertiary/aromatic N) is 2. The monoisotopic (exact) mass is 365 g/mol. The van der Waals surface area contributed by atoms with Crippen molar-refractivity contribution in [2.75, 3.05) is 19.5 Å². The summed E-state index contributed by atoms with van der Waals surface area (Å²) in [4.78, 5) is 17.1. The summed E-state index contributed by atoms with van der Waals surface area (Å²) < 4.78 is 12.5. The van der Waals surface area contributed by atoms with Crippen molar-refractivity contribution in [2.45, 2.75) is 31.7 Å². The van der Waals surface area contributed by atoms with E-state index in [1.54, 1.807) is 38.7 Å². The number of hydrogen-bond acceptors (Lipinski definition) is 4. The Labute approximate surface area is 158 Å². The van der Waals surface area contributed by atoms with Crippen LogP contribution in [0.25, 0.3) is 11.0 Å². The van der Waals surface area contributed by atoms with Crippen LogP contribution < -0.4 is 14.8 Å². The Morgan fingerprint density at radius 3 is 2.56 bits per heavy atom. The third-order valence-electron chi connectivity index (χ3n) is 5.16. The molecule has 1 heterocycles. The number of fused-ring (bicyclic) bond motifs is 1. The highest BCUT2D eigenvalue weighted by molar-refractivity contribution is 5.92. The van der Waals surface area contributed by atoms with E-state index in [1.165, 1.54) is 24.8 Å². The lowest BCUT2D eigenvalue weighted by atomic mass is 9.79. The molecule has 1 amide bonds. The first-order chi connectivity index (χ1) is 13.2. The van der Waals surface area contributed by atoms with Crippen molar-refractivity contribution in [1.29, 1.82) is 0 Å². The van der Waals surface area contributed by atoms with E-state index >= 15 is 0 Å². The van der Waals surface area contributed by atoms with Gasteiger partial charge < -0.3 is 19.4 Å². The lowest BCUT2D eigenvalue weighted by Crippen LogP contribution is -2.19. The van der Waals surface area contributed by atoms with Gasteiger partial charge in [-0.05, 0) is 30.4 Å². The molecule has 140 valence electrons. The normalized spacial score (nSPS) is 14.0. The minimum atomic E-state index is -0.118. The number of methoxy groups -OCH3 is 2. The highest BCUT2D eigenvalue weighted by Crippen LogP contribution is 2.39. The summed E-state index contributed by atoms with van der Waals surface area (Å²) in [5, 5.41) is 2.92. The zero-order valence-corrected chi connectivity index (χ0v) is 15.6. The van der Waals surface area contributed by atoms with Gasteiger partial charge in [-0.1, -0.05) is 18.6 Å². The van der Waals surface area contributed by atoms with Gasteiger partial charge in [0.05, 0.1) is 31.6 Å². The second-order valence-corrected chi connectivity index (χ2v) is 6.86. The number of aromatic nitrogens is 2. The fourth-order valence-electron chi connectivity index (χ4n) is 3.56. The molecule has 4 rings (SSSR count).